The molecule has 1 saturated heterocycles. The van der Waals surface area contributed by atoms with Crippen LogP contribution in [0, 0.1) is 18.7 Å². The van der Waals surface area contributed by atoms with Crippen LogP contribution in [0.2, 0.25) is 0 Å². The minimum Gasteiger partial charge on any atom is -0.444 e. The minimum absolute atomic E-state index is 0.121. The molecule has 0 saturated carbocycles. The zero-order chi connectivity index (χ0) is 36.4. The van der Waals surface area contributed by atoms with Crippen molar-refractivity contribution in [1.82, 2.24) is 19.9 Å². The number of alkyl halides is 3. The third kappa shape index (κ3) is 8.97. The number of nitrogens with one attached hydrogen (secondary N) is 1. The Morgan fingerprint density at radius 2 is 1.80 bits per heavy atom. The molecule has 1 unspecified atom stereocenters. The van der Waals surface area contributed by atoms with Gasteiger partial charge in [0.15, 0.2) is 9.84 Å². The first kappa shape index (κ1) is 36.7. The summed E-state index contributed by atoms with van der Waals surface area (Å²) in [5.74, 6) is -4.31. The molecule has 1 aliphatic rings. The number of amides is 1. The van der Waals surface area contributed by atoms with Crippen molar-refractivity contribution in [2.45, 2.75) is 71.0 Å². The number of halogens is 4. The number of hydrogen-bond donors (Lipinski definition) is 1. The maximum atomic E-state index is 15.1. The number of carbonyl (C=O) groups is 1. The molecule has 0 bridgehead atoms. The molecule has 2 aromatic heterocycles. The molecule has 4 aromatic rings. The molecule has 2 atom stereocenters. The van der Waals surface area contributed by atoms with Gasteiger partial charge in [0, 0.05) is 42.5 Å². The van der Waals surface area contributed by atoms with Crippen molar-refractivity contribution in [3.05, 3.63) is 71.8 Å². The number of rotatable bonds is 9. The smallest absolute Gasteiger partial charge is 0.410 e. The van der Waals surface area contributed by atoms with Crippen molar-refractivity contribution < 1.29 is 40.2 Å². The molecule has 0 spiro atoms. The monoisotopic (exact) mass is 717 g/mol. The third-order valence-electron chi connectivity index (χ3n) is 8.14. The van der Waals surface area contributed by atoms with Crippen LogP contribution >= 0.6 is 0 Å². The van der Waals surface area contributed by atoms with Gasteiger partial charge in [0.05, 0.1) is 28.7 Å². The molecule has 15 heteroatoms. The highest BCUT2D eigenvalue weighted by Gasteiger charge is 2.39. The quantitative estimate of drug-likeness (QED) is 0.172. The maximum absolute atomic E-state index is 15.1. The summed E-state index contributed by atoms with van der Waals surface area (Å²) in [6.07, 6.45) is -0.430. The van der Waals surface area contributed by atoms with Crippen LogP contribution in [0.5, 0.6) is 11.6 Å². The molecule has 3 heterocycles. The zero-order valence-corrected chi connectivity index (χ0v) is 29.2. The van der Waals surface area contributed by atoms with Crippen LogP contribution in [-0.2, 0) is 20.3 Å². The van der Waals surface area contributed by atoms with Gasteiger partial charge >= 0.3 is 12.3 Å². The highest BCUT2D eigenvalue weighted by atomic mass is 32.2. The van der Waals surface area contributed by atoms with E-state index in [-0.39, 0.29) is 34.7 Å². The lowest BCUT2D eigenvalue weighted by Gasteiger charge is -2.34. The number of sulfone groups is 1. The number of piperidine rings is 1. The Morgan fingerprint density at radius 1 is 1.06 bits per heavy atom. The van der Waals surface area contributed by atoms with Crippen molar-refractivity contribution in [3.8, 4) is 22.9 Å². The lowest BCUT2D eigenvalue weighted by atomic mass is 10.0. The van der Waals surface area contributed by atoms with E-state index < -0.39 is 44.9 Å². The first-order valence-electron chi connectivity index (χ1n) is 16.1. The van der Waals surface area contributed by atoms with Crippen LogP contribution in [0.15, 0.2) is 54.9 Å². The van der Waals surface area contributed by atoms with E-state index in [0.29, 0.717) is 41.2 Å². The molecule has 268 valence electrons. The fourth-order valence-corrected chi connectivity index (χ4v) is 7.47. The SMILES string of the molecule is Cc1ccc2c(CS(=O)(=O)CC(C)C(F)(F)F)c(F)ccc2c1Oc1ncccc1-c1ccnc(N[C@H]2CCCN(C(=O)OC(C)(C)C)C2)n1. The summed E-state index contributed by atoms with van der Waals surface area (Å²) in [6.45, 7) is 8.98. The number of benzene rings is 2. The molecule has 50 heavy (non-hydrogen) atoms. The van der Waals surface area contributed by atoms with Crippen LogP contribution in [-0.4, -0.2) is 71.0 Å². The molecule has 1 fully saturated rings. The van der Waals surface area contributed by atoms with E-state index in [4.69, 9.17) is 9.47 Å². The topological polar surface area (TPSA) is 124 Å². The number of likely N-dealkylation sites (tertiary alicyclic amines) is 1. The lowest BCUT2D eigenvalue weighted by Crippen LogP contribution is -2.47. The average Bonchev–Trinajstić information content (AvgIpc) is 3.02. The highest BCUT2D eigenvalue weighted by Crippen LogP contribution is 2.39. The predicted octanol–water partition coefficient (Wildman–Crippen LogP) is 7.86. The number of hydrogen-bond acceptors (Lipinski definition) is 9. The standard InChI is InChI=1S/C35H39F4N5O5S/c1-21-10-11-24-25(12-13-28(36)27(24)20-50(46,47)19-22(2)35(37,38)39)30(21)48-31-26(9-6-15-40-31)29-14-16-41-32(43-29)42-23-8-7-17-44(18-23)33(45)49-34(3,4)5/h6,9-16,22-23H,7-8,17-20H2,1-5H3,(H,41,42,43)/t22?,23-/m0/s1. The number of anilines is 1. The Hall–Kier alpha value is -4.53. The van der Waals surface area contributed by atoms with E-state index >= 15 is 4.39 Å². The molecule has 5 rings (SSSR count). The summed E-state index contributed by atoms with van der Waals surface area (Å²) in [5, 5.41) is 3.85. The van der Waals surface area contributed by atoms with Crippen molar-refractivity contribution in [1.29, 1.82) is 0 Å². The van der Waals surface area contributed by atoms with Crippen molar-refractivity contribution >= 4 is 32.7 Å². The fraction of sp³-hybridized carbons (Fsp3) is 0.429. The lowest BCUT2D eigenvalue weighted by molar-refractivity contribution is -0.163. The van der Waals surface area contributed by atoms with E-state index in [1.54, 1.807) is 42.3 Å². The second kappa shape index (κ2) is 14.4. The average molecular weight is 718 g/mol. The van der Waals surface area contributed by atoms with Crippen LogP contribution < -0.4 is 10.1 Å². The number of pyridine rings is 1. The first-order chi connectivity index (χ1) is 23.4. The van der Waals surface area contributed by atoms with E-state index in [9.17, 15) is 26.4 Å². The Balaban J connectivity index is 1.41. The number of fused-ring (bicyclic) bond motifs is 1. The van der Waals surface area contributed by atoms with Crippen molar-refractivity contribution in [2.24, 2.45) is 5.92 Å². The van der Waals surface area contributed by atoms with Gasteiger partial charge in [-0.25, -0.2) is 32.6 Å². The molecule has 1 amide bonds. The van der Waals surface area contributed by atoms with Gasteiger partial charge in [-0.1, -0.05) is 19.1 Å². The van der Waals surface area contributed by atoms with Gasteiger partial charge in [0.2, 0.25) is 11.8 Å². The van der Waals surface area contributed by atoms with Crippen molar-refractivity contribution in [2.75, 3.05) is 24.2 Å². The summed E-state index contributed by atoms with van der Waals surface area (Å²) < 4.78 is 92.0. The molecular formula is C35H39F4N5O5S. The number of aromatic nitrogens is 3. The molecule has 1 aliphatic heterocycles. The summed E-state index contributed by atoms with van der Waals surface area (Å²) >= 11 is 0. The minimum atomic E-state index is -4.71. The zero-order valence-electron chi connectivity index (χ0n) is 28.3. The number of nitrogens with zero attached hydrogens (tertiary/aromatic N) is 4. The van der Waals surface area contributed by atoms with E-state index in [1.807, 2.05) is 20.8 Å². The van der Waals surface area contributed by atoms with Gasteiger partial charge in [0.25, 0.3) is 0 Å². The van der Waals surface area contributed by atoms with E-state index in [0.717, 1.165) is 25.8 Å². The van der Waals surface area contributed by atoms with Gasteiger partial charge in [-0.15, -0.1) is 0 Å². The van der Waals surface area contributed by atoms with Crippen LogP contribution in [0.3, 0.4) is 0 Å². The molecule has 2 aromatic carbocycles. The van der Waals surface area contributed by atoms with Crippen LogP contribution in [0.4, 0.5) is 28.3 Å². The predicted molar refractivity (Wildman–Crippen MR) is 181 cm³/mol. The summed E-state index contributed by atoms with van der Waals surface area (Å²) in [7, 11) is -4.34. The summed E-state index contributed by atoms with van der Waals surface area (Å²) in [4.78, 5) is 27.8. The van der Waals surface area contributed by atoms with Gasteiger partial charge < -0.3 is 19.7 Å². The largest absolute Gasteiger partial charge is 0.444 e. The van der Waals surface area contributed by atoms with E-state index in [2.05, 4.69) is 20.3 Å². The molecule has 10 nitrogen and oxygen atoms in total. The first-order valence-corrected chi connectivity index (χ1v) is 17.9. The third-order valence-corrected chi connectivity index (χ3v) is 9.87. The van der Waals surface area contributed by atoms with Gasteiger partial charge in [-0.2, -0.15) is 13.2 Å². The number of aryl methyl sites for hydroxylation is 1. The normalized spacial score (nSPS) is 16.3. The van der Waals surface area contributed by atoms with Gasteiger partial charge in [-0.3, -0.25) is 0 Å². The Kier molecular flexibility index (Phi) is 10.6. The number of ether oxygens (including phenoxy) is 2. The molecular weight excluding hydrogens is 678 g/mol. The van der Waals surface area contributed by atoms with E-state index in [1.165, 1.54) is 18.3 Å². The highest BCUT2D eigenvalue weighted by molar-refractivity contribution is 7.90. The Morgan fingerprint density at radius 3 is 2.52 bits per heavy atom. The second-order valence-corrected chi connectivity index (χ2v) is 15.6. The summed E-state index contributed by atoms with van der Waals surface area (Å²) in [5.41, 5.74) is 0.736. The second-order valence-electron chi connectivity index (χ2n) is 13.5. The van der Waals surface area contributed by atoms with Crippen molar-refractivity contribution in [3.63, 3.8) is 0 Å². The van der Waals surface area contributed by atoms with Gasteiger partial charge in [-0.05, 0) is 81.8 Å². The molecule has 0 radical (unpaired) electrons. The molecule has 1 N–H and O–H groups in total. The van der Waals surface area contributed by atoms with Crippen LogP contribution in [0.1, 0.15) is 51.7 Å². The fourth-order valence-electron chi connectivity index (χ4n) is 5.67. The summed E-state index contributed by atoms with van der Waals surface area (Å²) in [6, 6.07) is 10.7. The molecule has 0 aliphatic carbocycles. The maximum Gasteiger partial charge on any atom is 0.410 e. The Labute approximate surface area is 288 Å². The van der Waals surface area contributed by atoms with Crippen LogP contribution in [0.25, 0.3) is 22.0 Å². The number of carbonyl (C=O) groups excluding carboxylic acids is 1. The Bertz CT molecular complexity index is 1980. The van der Waals surface area contributed by atoms with Gasteiger partial charge in [0.1, 0.15) is 17.2 Å².